The summed E-state index contributed by atoms with van der Waals surface area (Å²) in [5.74, 6) is -0.899. The maximum Gasteiger partial charge on any atom is 0.469 e. The third-order valence-electron chi connectivity index (χ3n) is 9.71. The van der Waals surface area contributed by atoms with Crippen LogP contribution in [-0.4, -0.2) is 41.0 Å². The molecule has 58 heavy (non-hydrogen) atoms. The number of carbonyl (C=O) groups is 2. The first-order chi connectivity index (χ1) is 28.3. The lowest BCUT2D eigenvalue weighted by atomic mass is 10.0. The predicted octanol–water partition coefficient (Wildman–Crippen LogP) is 14.6. The van der Waals surface area contributed by atoms with Crippen LogP contribution in [0.5, 0.6) is 0 Å². The van der Waals surface area contributed by atoms with E-state index in [2.05, 4.69) is 91.3 Å². The van der Waals surface area contributed by atoms with Crippen LogP contribution in [-0.2, 0) is 28.2 Å². The normalized spacial score (nSPS) is 13.1. The molecule has 0 rings (SSSR count). The molecule has 2 N–H and O–H groups in total. The zero-order valence-electron chi connectivity index (χ0n) is 36.9. The highest BCUT2D eigenvalue weighted by molar-refractivity contribution is 7.46. The van der Waals surface area contributed by atoms with Gasteiger partial charge in [0.15, 0.2) is 6.10 Å². The van der Waals surface area contributed by atoms with E-state index in [-0.39, 0.29) is 19.4 Å². The van der Waals surface area contributed by atoms with Gasteiger partial charge in [-0.25, -0.2) is 4.57 Å². The second kappa shape index (κ2) is 44.1. The van der Waals surface area contributed by atoms with Gasteiger partial charge in [0.1, 0.15) is 6.61 Å². The van der Waals surface area contributed by atoms with Gasteiger partial charge in [-0.15, -0.1) is 0 Å². The summed E-state index contributed by atoms with van der Waals surface area (Å²) < 4.78 is 26.5. The van der Waals surface area contributed by atoms with Crippen LogP contribution < -0.4 is 0 Å². The molecule has 0 fully saturated rings. The largest absolute Gasteiger partial charge is 0.469 e. The molecule has 1 unspecified atom stereocenters. The van der Waals surface area contributed by atoms with E-state index >= 15 is 0 Å². The van der Waals surface area contributed by atoms with Gasteiger partial charge in [-0.3, -0.25) is 14.1 Å². The Kier molecular flexibility index (Phi) is 42.1. The van der Waals surface area contributed by atoms with Crippen molar-refractivity contribution in [1.82, 2.24) is 0 Å². The lowest BCUT2D eigenvalue weighted by molar-refractivity contribution is -0.161. The van der Waals surface area contributed by atoms with E-state index in [1.807, 2.05) is 0 Å². The lowest BCUT2D eigenvalue weighted by Gasteiger charge is -2.18. The maximum absolute atomic E-state index is 12.5. The molecule has 0 aromatic heterocycles. The van der Waals surface area contributed by atoms with Crippen molar-refractivity contribution in [3.8, 4) is 0 Å². The van der Waals surface area contributed by atoms with Crippen molar-refractivity contribution in [3.05, 3.63) is 72.9 Å². The molecule has 0 saturated heterocycles. The fourth-order valence-corrected chi connectivity index (χ4v) is 6.64. The Hall–Kier alpha value is -2.51. The smallest absolute Gasteiger partial charge is 0.462 e. The van der Waals surface area contributed by atoms with Crippen molar-refractivity contribution in [3.63, 3.8) is 0 Å². The summed E-state index contributed by atoms with van der Waals surface area (Å²) in [6.07, 6.45) is 57.6. The summed E-state index contributed by atoms with van der Waals surface area (Å²) in [6, 6.07) is 0. The van der Waals surface area contributed by atoms with Gasteiger partial charge in [0, 0.05) is 12.8 Å². The monoisotopic (exact) mass is 833 g/mol. The lowest BCUT2D eigenvalue weighted by Crippen LogP contribution is -2.29. The van der Waals surface area contributed by atoms with Crippen molar-refractivity contribution >= 4 is 19.8 Å². The Bertz CT molecular complexity index is 1170. The van der Waals surface area contributed by atoms with E-state index in [1.165, 1.54) is 83.5 Å². The third-order valence-corrected chi connectivity index (χ3v) is 10.2. The van der Waals surface area contributed by atoms with Gasteiger partial charge >= 0.3 is 19.8 Å². The van der Waals surface area contributed by atoms with Crippen LogP contribution in [0.1, 0.15) is 206 Å². The van der Waals surface area contributed by atoms with Crippen LogP contribution in [0, 0.1) is 0 Å². The molecule has 0 spiro atoms. The van der Waals surface area contributed by atoms with E-state index < -0.39 is 32.5 Å². The van der Waals surface area contributed by atoms with Crippen molar-refractivity contribution in [2.24, 2.45) is 0 Å². The Morgan fingerprint density at radius 2 is 0.828 bits per heavy atom. The number of phosphoric ester groups is 1. The average Bonchev–Trinajstić information content (AvgIpc) is 3.20. The first-order valence-corrected chi connectivity index (χ1v) is 24.8. The number of hydrogen-bond acceptors (Lipinski definition) is 6. The quantitative estimate of drug-likeness (QED) is 0.0270. The molecule has 334 valence electrons. The number of allylic oxidation sites excluding steroid dienone is 12. The zero-order valence-corrected chi connectivity index (χ0v) is 37.8. The van der Waals surface area contributed by atoms with Gasteiger partial charge in [-0.1, -0.05) is 183 Å². The van der Waals surface area contributed by atoms with Crippen molar-refractivity contribution in [2.75, 3.05) is 13.2 Å². The molecule has 8 nitrogen and oxygen atoms in total. The van der Waals surface area contributed by atoms with E-state index in [4.69, 9.17) is 19.3 Å². The van der Waals surface area contributed by atoms with Crippen molar-refractivity contribution in [2.45, 2.75) is 213 Å². The zero-order chi connectivity index (χ0) is 42.5. The highest BCUT2D eigenvalue weighted by Crippen LogP contribution is 2.36. The number of esters is 2. The summed E-state index contributed by atoms with van der Waals surface area (Å²) in [5, 5.41) is 0. The minimum atomic E-state index is -4.76. The fraction of sp³-hybridized carbons (Fsp3) is 0.714. The topological polar surface area (TPSA) is 119 Å². The van der Waals surface area contributed by atoms with E-state index in [0.717, 1.165) is 83.5 Å². The van der Waals surface area contributed by atoms with Gasteiger partial charge in [-0.05, 0) is 83.5 Å². The molecule has 0 radical (unpaired) electrons. The Labute approximate surface area is 355 Å². The van der Waals surface area contributed by atoms with E-state index in [1.54, 1.807) is 0 Å². The summed E-state index contributed by atoms with van der Waals surface area (Å²) in [6.45, 7) is 3.55. The summed E-state index contributed by atoms with van der Waals surface area (Å²) >= 11 is 0. The standard InChI is InChI=1S/C49H85O8P/c1-3-5-7-9-11-13-15-17-19-21-22-23-24-25-26-28-30-32-34-36-38-40-42-44-49(51)57-47(46-56-58(52,53)54)45-55-48(50)43-41-39-37-35-33-31-29-27-20-18-16-14-12-10-8-6-4-2/h5,7,11-14,17-20,22-23,47H,3-4,6,8-10,15-16,21,24-46H2,1-2H3,(H2,52,53,54)/b7-5-,13-11-,14-12-,19-17-,20-18-,23-22-. The minimum absolute atomic E-state index is 0.202. The van der Waals surface area contributed by atoms with Gasteiger partial charge in [0.05, 0.1) is 6.61 Å². The molecule has 1 atom stereocenters. The van der Waals surface area contributed by atoms with Crippen molar-refractivity contribution < 1.29 is 37.9 Å². The molecule has 0 heterocycles. The molecule has 0 aliphatic rings. The number of unbranched alkanes of at least 4 members (excludes halogenated alkanes) is 20. The molecule has 0 aromatic rings. The highest BCUT2D eigenvalue weighted by atomic mass is 31.2. The SMILES string of the molecule is CC/C=C\C/C=C\C/C=C\C/C=C\CCCCCCCCCCCCC(=O)OC(COC(=O)CCCCCCCCC/C=C\C/C=C\CCCCC)COP(=O)(O)O. The third kappa shape index (κ3) is 46.2. The molecule has 0 aliphatic heterocycles. The minimum Gasteiger partial charge on any atom is -0.462 e. The number of carbonyl (C=O) groups excluding carboxylic acids is 2. The molecule has 0 saturated carbocycles. The summed E-state index contributed by atoms with van der Waals surface area (Å²) in [4.78, 5) is 43.0. The van der Waals surface area contributed by atoms with Crippen LogP contribution in [0.2, 0.25) is 0 Å². The molecule has 0 amide bonds. The van der Waals surface area contributed by atoms with Crippen LogP contribution in [0.15, 0.2) is 72.9 Å². The summed E-state index contributed by atoms with van der Waals surface area (Å²) in [5.41, 5.74) is 0. The first-order valence-electron chi connectivity index (χ1n) is 23.2. The van der Waals surface area contributed by atoms with Gasteiger partial charge in [0.25, 0.3) is 0 Å². The van der Waals surface area contributed by atoms with Crippen LogP contribution in [0.4, 0.5) is 0 Å². The fourth-order valence-electron chi connectivity index (χ4n) is 6.28. The molecular weight excluding hydrogens is 748 g/mol. The predicted molar refractivity (Wildman–Crippen MR) is 244 cm³/mol. The maximum atomic E-state index is 12.5. The number of phosphoric acid groups is 1. The van der Waals surface area contributed by atoms with Gasteiger partial charge in [-0.2, -0.15) is 0 Å². The summed E-state index contributed by atoms with van der Waals surface area (Å²) in [7, 11) is -4.76. The van der Waals surface area contributed by atoms with E-state index in [9.17, 15) is 14.2 Å². The molecule has 9 heteroatoms. The molecule has 0 bridgehead atoms. The van der Waals surface area contributed by atoms with Crippen LogP contribution >= 0.6 is 7.82 Å². The number of ether oxygens (including phenoxy) is 2. The second-order valence-corrected chi connectivity index (χ2v) is 16.6. The van der Waals surface area contributed by atoms with Gasteiger partial charge in [0.2, 0.25) is 0 Å². The Morgan fingerprint density at radius 1 is 0.466 bits per heavy atom. The van der Waals surface area contributed by atoms with Crippen molar-refractivity contribution in [1.29, 1.82) is 0 Å². The molecule has 0 aliphatic carbocycles. The Balaban J connectivity index is 3.89. The van der Waals surface area contributed by atoms with E-state index in [0.29, 0.717) is 12.8 Å². The van der Waals surface area contributed by atoms with Crippen LogP contribution in [0.3, 0.4) is 0 Å². The Morgan fingerprint density at radius 3 is 1.24 bits per heavy atom. The van der Waals surface area contributed by atoms with Gasteiger partial charge < -0.3 is 19.3 Å². The van der Waals surface area contributed by atoms with Crippen LogP contribution in [0.25, 0.3) is 0 Å². The highest BCUT2D eigenvalue weighted by Gasteiger charge is 2.22. The average molecular weight is 833 g/mol. The molecule has 0 aromatic carbocycles. The number of hydrogen-bond donors (Lipinski definition) is 2. The second-order valence-electron chi connectivity index (χ2n) is 15.3. The number of rotatable bonds is 42. The molecular formula is C49H85O8P. The first kappa shape index (κ1) is 55.5.